The third-order valence-electron chi connectivity index (χ3n) is 15.3. The van der Waals surface area contributed by atoms with Crippen LogP contribution >= 0.6 is 11.3 Å². The van der Waals surface area contributed by atoms with Gasteiger partial charge in [-0.3, -0.25) is 0 Å². The molecule has 0 aliphatic carbocycles. The van der Waals surface area contributed by atoms with Crippen molar-refractivity contribution >= 4 is 113 Å². The standard InChI is InChI=1S/C62H66BN3SSi/c1-59(2,3)39-23-29-43(30-24-39)64-48-33-27-42(62(10,11)12)36-47(48)63-56-46-35-41(61(7,8)9)28-34-53(46)67-58(56)66(44-31-25-40(26-32-44)60(4,5)6)52-38-45(37-51(64)57(52)63)65-49-19-15-17-21-54(49)68(13,14)55-22-18-16-20-50(55)65/h15-38H,1-14H3. The molecule has 0 N–H and O–H groups in total. The topological polar surface area (TPSA) is 9.72 Å². The minimum atomic E-state index is -2.04. The van der Waals surface area contributed by atoms with Gasteiger partial charge in [-0.1, -0.05) is 181 Å². The van der Waals surface area contributed by atoms with Gasteiger partial charge in [0.1, 0.15) is 8.07 Å². The Morgan fingerprint density at radius 1 is 0.397 bits per heavy atom. The number of anilines is 9. The highest BCUT2D eigenvalue weighted by Gasteiger charge is 2.47. The van der Waals surface area contributed by atoms with Gasteiger partial charge in [0.05, 0.1) is 10.7 Å². The Bertz CT molecular complexity index is 3270. The summed E-state index contributed by atoms with van der Waals surface area (Å²) in [5.41, 5.74) is 19.3. The van der Waals surface area contributed by atoms with E-state index >= 15 is 0 Å². The highest BCUT2D eigenvalue weighted by Crippen LogP contribution is 2.52. The molecule has 0 saturated carbocycles. The molecule has 0 atom stereocenters. The van der Waals surface area contributed by atoms with Crippen LogP contribution in [0.3, 0.4) is 0 Å². The molecule has 4 heterocycles. The molecule has 0 bridgehead atoms. The maximum atomic E-state index is 2.64. The van der Waals surface area contributed by atoms with E-state index in [0.29, 0.717) is 0 Å². The Kier molecular flexibility index (Phi) is 9.91. The molecule has 68 heavy (non-hydrogen) atoms. The maximum Gasteiger partial charge on any atom is 0.254 e. The summed E-state index contributed by atoms with van der Waals surface area (Å²) in [6.45, 7) is 33.0. The zero-order valence-electron chi connectivity index (χ0n) is 42.7. The zero-order chi connectivity index (χ0) is 48.0. The van der Waals surface area contributed by atoms with E-state index in [2.05, 4.69) is 256 Å². The predicted octanol–water partition coefficient (Wildman–Crippen LogP) is 14.8. The number of hydrogen-bond acceptors (Lipinski definition) is 4. The van der Waals surface area contributed by atoms with E-state index in [1.165, 1.54) is 110 Å². The smallest absolute Gasteiger partial charge is 0.254 e. The van der Waals surface area contributed by atoms with Crippen molar-refractivity contribution in [2.24, 2.45) is 0 Å². The Balaban J connectivity index is 1.30. The molecule has 1 aromatic heterocycles. The first-order valence-electron chi connectivity index (χ1n) is 24.7. The van der Waals surface area contributed by atoms with Crippen LogP contribution in [-0.2, 0) is 21.7 Å². The quantitative estimate of drug-likeness (QED) is 0.164. The van der Waals surface area contributed by atoms with Gasteiger partial charge in [0.15, 0.2) is 0 Å². The number of benzene rings is 7. The fraction of sp³-hybridized carbons (Fsp3) is 0.290. The highest BCUT2D eigenvalue weighted by atomic mass is 32.1. The maximum absolute atomic E-state index is 2.64. The summed E-state index contributed by atoms with van der Waals surface area (Å²) in [5, 5.41) is 5.60. The first-order chi connectivity index (χ1) is 32.0. The summed E-state index contributed by atoms with van der Waals surface area (Å²) in [4.78, 5) is 7.83. The molecule has 342 valence electrons. The van der Waals surface area contributed by atoms with Crippen molar-refractivity contribution < 1.29 is 0 Å². The van der Waals surface area contributed by atoms with E-state index in [1.54, 1.807) is 0 Å². The third-order valence-corrected chi connectivity index (χ3v) is 20.0. The summed E-state index contributed by atoms with van der Waals surface area (Å²) in [6.07, 6.45) is 0. The van der Waals surface area contributed by atoms with E-state index in [9.17, 15) is 0 Å². The lowest BCUT2D eigenvalue weighted by Crippen LogP contribution is -2.61. The number of rotatable bonds is 3. The molecule has 6 heteroatoms. The molecule has 3 aliphatic heterocycles. The van der Waals surface area contributed by atoms with E-state index in [-0.39, 0.29) is 28.4 Å². The number of nitrogens with zero attached hydrogens (tertiary/aromatic N) is 3. The van der Waals surface area contributed by atoms with Gasteiger partial charge in [0.2, 0.25) is 0 Å². The molecule has 8 aromatic rings. The number of thiophene rings is 1. The van der Waals surface area contributed by atoms with E-state index in [4.69, 9.17) is 0 Å². The summed E-state index contributed by atoms with van der Waals surface area (Å²) in [5.74, 6) is 0. The van der Waals surface area contributed by atoms with Gasteiger partial charge in [0, 0.05) is 44.5 Å². The van der Waals surface area contributed by atoms with Crippen molar-refractivity contribution in [2.45, 2.75) is 118 Å². The summed E-state index contributed by atoms with van der Waals surface area (Å²) >= 11 is 1.95. The van der Waals surface area contributed by atoms with E-state index in [0.717, 1.165) is 0 Å². The normalized spacial score (nSPS) is 15.2. The minimum Gasteiger partial charge on any atom is -0.311 e. The Morgan fingerprint density at radius 2 is 0.838 bits per heavy atom. The number of para-hydroxylation sites is 2. The first kappa shape index (κ1) is 44.7. The number of hydrogen-bond donors (Lipinski definition) is 0. The fourth-order valence-electron chi connectivity index (χ4n) is 11.3. The molecular weight excluding hydrogens is 858 g/mol. The fourth-order valence-corrected chi connectivity index (χ4v) is 15.5. The lowest BCUT2D eigenvalue weighted by molar-refractivity contribution is 0.590. The molecule has 0 radical (unpaired) electrons. The summed E-state index contributed by atoms with van der Waals surface area (Å²) < 4.78 is 1.33. The second-order valence-electron chi connectivity index (χ2n) is 24.4. The lowest BCUT2D eigenvalue weighted by atomic mass is 9.33. The summed E-state index contributed by atoms with van der Waals surface area (Å²) in [7, 11) is -2.04. The monoisotopic (exact) mass is 923 g/mol. The second-order valence-corrected chi connectivity index (χ2v) is 29.8. The van der Waals surface area contributed by atoms with Gasteiger partial charge in [-0.05, 0) is 137 Å². The van der Waals surface area contributed by atoms with Gasteiger partial charge in [-0.2, -0.15) is 0 Å². The largest absolute Gasteiger partial charge is 0.311 e. The van der Waals surface area contributed by atoms with Crippen LogP contribution in [0.2, 0.25) is 13.1 Å². The second kappa shape index (κ2) is 15.1. The average molecular weight is 924 g/mol. The third kappa shape index (κ3) is 6.95. The van der Waals surface area contributed by atoms with Crippen LogP contribution in [0.1, 0.15) is 105 Å². The van der Waals surface area contributed by atoms with Gasteiger partial charge in [-0.15, -0.1) is 11.3 Å². The van der Waals surface area contributed by atoms with Gasteiger partial charge in [-0.25, -0.2) is 0 Å². The van der Waals surface area contributed by atoms with Crippen LogP contribution in [0.25, 0.3) is 10.1 Å². The van der Waals surface area contributed by atoms with Gasteiger partial charge >= 0.3 is 0 Å². The van der Waals surface area contributed by atoms with Crippen molar-refractivity contribution in [3.63, 3.8) is 0 Å². The van der Waals surface area contributed by atoms with E-state index in [1.807, 2.05) is 11.3 Å². The minimum absolute atomic E-state index is 0.00351. The SMILES string of the molecule is CC(C)(C)c1ccc(N2c3ccc(C(C)(C)C)cc3B3c4c2cc(N2c5ccccc5[Si](C)(C)c5ccccc52)cc4N(c2ccc(C(C)(C)C)cc2)c2sc4ccc(C(C)(C)C)cc4c23)cc1. The molecule has 0 unspecified atom stereocenters. The van der Waals surface area contributed by atoms with Crippen LogP contribution < -0.4 is 41.5 Å². The zero-order valence-corrected chi connectivity index (χ0v) is 44.5. The van der Waals surface area contributed by atoms with Crippen molar-refractivity contribution in [1.29, 1.82) is 0 Å². The molecule has 3 nitrogen and oxygen atoms in total. The van der Waals surface area contributed by atoms with Crippen molar-refractivity contribution in [1.82, 2.24) is 0 Å². The number of fused-ring (bicyclic) bond motifs is 8. The van der Waals surface area contributed by atoms with Gasteiger partial charge < -0.3 is 14.7 Å². The lowest BCUT2D eigenvalue weighted by Gasteiger charge is -2.45. The van der Waals surface area contributed by atoms with Crippen LogP contribution in [0.4, 0.5) is 50.5 Å². The first-order valence-corrected chi connectivity index (χ1v) is 28.5. The van der Waals surface area contributed by atoms with Crippen molar-refractivity contribution in [3.8, 4) is 0 Å². The van der Waals surface area contributed by atoms with E-state index < -0.39 is 8.07 Å². The molecule has 0 fully saturated rings. The average Bonchev–Trinajstić information content (AvgIpc) is 3.66. The predicted molar refractivity (Wildman–Crippen MR) is 302 cm³/mol. The molecule has 11 rings (SSSR count). The summed E-state index contributed by atoms with van der Waals surface area (Å²) in [6, 6.07) is 57.2. The molecule has 0 saturated heterocycles. The molecule has 7 aromatic carbocycles. The molecule has 3 aliphatic rings. The van der Waals surface area contributed by atoms with Crippen molar-refractivity contribution in [3.05, 3.63) is 168 Å². The van der Waals surface area contributed by atoms with Crippen molar-refractivity contribution in [2.75, 3.05) is 14.7 Å². The highest BCUT2D eigenvalue weighted by molar-refractivity contribution is 7.26. The molecule has 0 amide bonds. The van der Waals surface area contributed by atoms with Crippen LogP contribution in [0.15, 0.2) is 146 Å². The Morgan fingerprint density at radius 3 is 1.37 bits per heavy atom. The van der Waals surface area contributed by atoms with Crippen LogP contribution in [-0.4, -0.2) is 14.8 Å². The van der Waals surface area contributed by atoms with Crippen LogP contribution in [0.5, 0.6) is 0 Å². The Labute approximate surface area is 411 Å². The molecule has 0 spiro atoms. The van der Waals surface area contributed by atoms with Gasteiger partial charge in [0.25, 0.3) is 6.71 Å². The molecular formula is C62H66BN3SSi. The van der Waals surface area contributed by atoms with Crippen LogP contribution in [0, 0.1) is 0 Å². The Hall–Kier alpha value is -5.82.